The molecule has 1 aromatic rings. The van der Waals surface area contributed by atoms with Crippen molar-refractivity contribution in [2.24, 2.45) is 0 Å². The van der Waals surface area contributed by atoms with E-state index in [2.05, 4.69) is 5.32 Å². The van der Waals surface area contributed by atoms with E-state index in [1.165, 1.54) is 44.7 Å². The van der Waals surface area contributed by atoms with Crippen LogP contribution < -0.4 is 19.5 Å². The quantitative estimate of drug-likeness (QED) is 0.544. The number of carbonyl (C=O) groups excluding carboxylic acids is 1. The van der Waals surface area contributed by atoms with Crippen LogP contribution in [0.3, 0.4) is 0 Å². The van der Waals surface area contributed by atoms with Crippen LogP contribution in [0.1, 0.15) is 38.3 Å². The second kappa shape index (κ2) is 9.95. The van der Waals surface area contributed by atoms with Crippen molar-refractivity contribution < 1.29 is 35.6 Å². The van der Waals surface area contributed by atoms with Crippen LogP contribution in [0.5, 0.6) is 17.2 Å². The number of halogens is 2. The van der Waals surface area contributed by atoms with Crippen molar-refractivity contribution in [3.63, 3.8) is 0 Å². The first-order valence-corrected chi connectivity index (χ1v) is 13.1. The van der Waals surface area contributed by atoms with Gasteiger partial charge in [0.2, 0.25) is 17.4 Å². The summed E-state index contributed by atoms with van der Waals surface area (Å²) in [5.74, 6) is -1.91. The first kappa shape index (κ1) is 26.3. The fourth-order valence-corrected chi connectivity index (χ4v) is 6.50. The number of benzene rings is 1. The maximum atomic E-state index is 16.2. The summed E-state index contributed by atoms with van der Waals surface area (Å²) in [5, 5.41) is 2.94. The number of fused-ring (bicyclic) bond motifs is 3. The predicted molar refractivity (Wildman–Crippen MR) is 134 cm³/mol. The number of carbonyl (C=O) groups is 1. The number of allylic oxidation sites excluding steroid dienone is 2. The standard InChI is InChI=1S/C25H32F2N2O6S/c1-7-29(8-2)36(27)34-21-14-18-17(11-12-25(21,26)35-36)22-16(9-10-19(18)28-15(3)30)13-20(31-4)23(32-5)24(22)33-6/h11-14,19H,7-10H2,1-6H3,(H,28,30)/t19-,25?/m0/s1. The fraction of sp³-hybridized carbons (Fsp3) is 0.480. The highest BCUT2D eigenvalue weighted by Crippen LogP contribution is 2.67. The molecule has 1 aliphatic heterocycles. The molecule has 198 valence electrons. The van der Waals surface area contributed by atoms with E-state index in [9.17, 15) is 4.79 Å². The second-order valence-electron chi connectivity index (χ2n) is 8.52. The lowest BCUT2D eigenvalue weighted by atomic mass is 9.93. The number of nitrogens with one attached hydrogen (secondary N) is 1. The molecule has 11 heteroatoms. The summed E-state index contributed by atoms with van der Waals surface area (Å²) >= 11 is -3.81. The van der Waals surface area contributed by atoms with Crippen molar-refractivity contribution in [2.75, 3.05) is 34.4 Å². The number of ether oxygens (including phenoxy) is 3. The molecule has 4 rings (SSSR count). The summed E-state index contributed by atoms with van der Waals surface area (Å²) in [6, 6.07) is 1.34. The minimum atomic E-state index is -3.81. The number of methoxy groups -OCH3 is 3. The smallest absolute Gasteiger partial charge is 0.313 e. The molecule has 3 aliphatic rings. The van der Waals surface area contributed by atoms with Crippen molar-refractivity contribution in [1.29, 1.82) is 0 Å². The summed E-state index contributed by atoms with van der Waals surface area (Å²) in [7, 11) is 4.55. The number of alkyl halides is 1. The molecule has 8 nitrogen and oxygen atoms in total. The van der Waals surface area contributed by atoms with Gasteiger partial charge in [-0.3, -0.25) is 4.79 Å². The summed E-state index contributed by atoms with van der Waals surface area (Å²) in [5.41, 5.74) is 2.65. The normalized spacial score (nSPS) is 28.5. The third-order valence-corrected chi connectivity index (χ3v) is 8.43. The molecule has 1 amide bonds. The SMILES string of the molecule is CCN(CC)S1(F)OC2=CC3=C(C=CC2(F)O1)c1c(cc(OC)c(OC)c1OC)CC[C@@H]3NC(C)=O. The molecule has 1 N–H and O–H groups in total. The van der Waals surface area contributed by atoms with Crippen LogP contribution >= 0.6 is 11.2 Å². The van der Waals surface area contributed by atoms with Crippen LogP contribution in [0.25, 0.3) is 5.57 Å². The van der Waals surface area contributed by atoms with E-state index in [0.29, 0.717) is 46.8 Å². The molecule has 36 heavy (non-hydrogen) atoms. The Bertz CT molecular complexity index is 1150. The lowest BCUT2D eigenvalue weighted by molar-refractivity contribution is -0.119. The Hall–Kier alpha value is -2.76. The molecule has 1 aromatic carbocycles. The van der Waals surface area contributed by atoms with Gasteiger partial charge in [-0.05, 0) is 47.8 Å². The highest BCUT2D eigenvalue weighted by atomic mass is 32.3. The maximum Gasteiger partial charge on any atom is 0.313 e. The van der Waals surface area contributed by atoms with E-state index in [0.717, 1.165) is 11.6 Å². The Morgan fingerprint density at radius 1 is 1.22 bits per heavy atom. The largest absolute Gasteiger partial charge is 0.493 e. The average Bonchev–Trinajstić information content (AvgIpc) is 2.93. The van der Waals surface area contributed by atoms with Crippen LogP contribution in [0.15, 0.2) is 35.6 Å². The maximum absolute atomic E-state index is 16.2. The van der Waals surface area contributed by atoms with Gasteiger partial charge in [-0.2, -0.15) is 12.9 Å². The summed E-state index contributed by atoms with van der Waals surface area (Å²) < 4.78 is 61.0. The molecule has 1 fully saturated rings. The molecule has 0 aromatic heterocycles. The van der Waals surface area contributed by atoms with Gasteiger partial charge in [-0.25, -0.2) is 0 Å². The van der Waals surface area contributed by atoms with Gasteiger partial charge in [0.25, 0.3) is 0 Å². The first-order valence-electron chi connectivity index (χ1n) is 11.8. The van der Waals surface area contributed by atoms with E-state index < -0.39 is 23.1 Å². The zero-order valence-electron chi connectivity index (χ0n) is 21.3. The van der Waals surface area contributed by atoms with E-state index >= 15 is 8.28 Å². The number of rotatable bonds is 7. The fourth-order valence-electron chi connectivity index (χ4n) is 4.82. The Morgan fingerprint density at radius 2 is 1.92 bits per heavy atom. The Morgan fingerprint density at radius 3 is 2.50 bits per heavy atom. The van der Waals surface area contributed by atoms with Gasteiger partial charge in [-0.15, -0.1) is 0 Å². The van der Waals surface area contributed by atoms with Crippen LogP contribution in [0, 0.1) is 0 Å². The topological polar surface area (TPSA) is 78.5 Å². The molecule has 0 saturated carbocycles. The molecule has 3 atom stereocenters. The zero-order chi connectivity index (χ0) is 26.3. The van der Waals surface area contributed by atoms with Gasteiger partial charge >= 0.3 is 5.85 Å². The summed E-state index contributed by atoms with van der Waals surface area (Å²) in [6.45, 7) is 5.47. The number of aryl methyl sites for hydroxylation is 1. The third-order valence-electron chi connectivity index (χ3n) is 6.46. The van der Waals surface area contributed by atoms with Crippen LogP contribution in [-0.2, 0) is 19.6 Å². The number of hydrogen-bond donors (Lipinski definition) is 1. The van der Waals surface area contributed by atoms with Crippen molar-refractivity contribution >= 4 is 22.6 Å². The van der Waals surface area contributed by atoms with Crippen LogP contribution in [-0.4, -0.2) is 56.5 Å². The Kier molecular flexibility index (Phi) is 7.27. The van der Waals surface area contributed by atoms with Crippen LogP contribution in [0.4, 0.5) is 8.28 Å². The number of hydrogen-bond acceptors (Lipinski definition) is 7. The van der Waals surface area contributed by atoms with Gasteiger partial charge < -0.3 is 23.7 Å². The van der Waals surface area contributed by atoms with Gasteiger partial charge in [0, 0.05) is 25.6 Å². The molecule has 1 saturated heterocycles. The molecule has 0 bridgehead atoms. The molecule has 2 aliphatic carbocycles. The molecule has 0 radical (unpaired) electrons. The number of amides is 1. The Labute approximate surface area is 212 Å². The van der Waals surface area contributed by atoms with Crippen molar-refractivity contribution in [3.8, 4) is 17.2 Å². The number of nitrogens with zero attached hydrogens (tertiary/aromatic N) is 1. The van der Waals surface area contributed by atoms with Gasteiger partial charge in [0.15, 0.2) is 11.5 Å². The van der Waals surface area contributed by atoms with E-state index in [1.54, 1.807) is 13.8 Å². The molecule has 2 unspecified atom stereocenters. The predicted octanol–water partition coefficient (Wildman–Crippen LogP) is 4.86. The molecule has 1 heterocycles. The lowest BCUT2D eigenvalue weighted by Gasteiger charge is -2.36. The summed E-state index contributed by atoms with van der Waals surface area (Å²) in [4.78, 5) is 12.1. The molecular formula is C25H32F2N2O6S. The van der Waals surface area contributed by atoms with Crippen molar-refractivity contribution in [1.82, 2.24) is 9.62 Å². The summed E-state index contributed by atoms with van der Waals surface area (Å²) in [6.07, 6.45) is 5.17. The lowest BCUT2D eigenvalue weighted by Crippen LogP contribution is -2.34. The van der Waals surface area contributed by atoms with Gasteiger partial charge in [0.1, 0.15) is 0 Å². The van der Waals surface area contributed by atoms with Crippen LogP contribution in [0.2, 0.25) is 0 Å². The van der Waals surface area contributed by atoms with E-state index in [-0.39, 0.29) is 24.8 Å². The average molecular weight is 527 g/mol. The third kappa shape index (κ3) is 4.33. The second-order valence-corrected chi connectivity index (χ2v) is 10.2. The highest BCUT2D eigenvalue weighted by molar-refractivity contribution is 8.19. The van der Waals surface area contributed by atoms with Crippen molar-refractivity contribution in [2.45, 2.75) is 45.5 Å². The van der Waals surface area contributed by atoms with E-state index in [1.807, 2.05) is 6.07 Å². The monoisotopic (exact) mass is 526 g/mol. The van der Waals surface area contributed by atoms with Crippen molar-refractivity contribution in [3.05, 3.63) is 46.8 Å². The van der Waals surface area contributed by atoms with Gasteiger partial charge in [0.05, 0.1) is 38.5 Å². The minimum Gasteiger partial charge on any atom is -0.493 e. The molecule has 0 spiro atoms. The zero-order valence-corrected chi connectivity index (χ0v) is 22.1. The Balaban J connectivity index is 1.96. The van der Waals surface area contributed by atoms with Gasteiger partial charge in [-0.1, -0.05) is 23.8 Å². The highest BCUT2D eigenvalue weighted by Gasteiger charge is 2.55. The van der Waals surface area contributed by atoms with E-state index in [4.69, 9.17) is 22.6 Å². The molecular weight excluding hydrogens is 494 g/mol. The first-order chi connectivity index (χ1) is 17.1. The minimum absolute atomic E-state index is 0.254.